The summed E-state index contributed by atoms with van der Waals surface area (Å²) in [6.45, 7) is 5.37. The first-order chi connectivity index (χ1) is 8.03. The van der Waals surface area contributed by atoms with E-state index >= 15 is 0 Å². The number of carbonyl (C=O) groups is 3. The minimum Gasteiger partial charge on any atom is -0.277 e. The van der Waals surface area contributed by atoms with E-state index in [4.69, 9.17) is 0 Å². The van der Waals surface area contributed by atoms with Gasteiger partial charge in [0.1, 0.15) is 5.41 Å². The predicted octanol–water partition coefficient (Wildman–Crippen LogP) is 1.20. The van der Waals surface area contributed by atoms with Crippen LogP contribution in [0.1, 0.15) is 32.6 Å². The van der Waals surface area contributed by atoms with E-state index in [1.165, 1.54) is 4.90 Å². The van der Waals surface area contributed by atoms with Crippen molar-refractivity contribution in [2.24, 2.45) is 5.41 Å². The summed E-state index contributed by atoms with van der Waals surface area (Å²) in [5.41, 5.74) is -0.969. The molecule has 17 heavy (non-hydrogen) atoms. The average Bonchev–Trinajstić information content (AvgIpc) is 2.14. The van der Waals surface area contributed by atoms with Gasteiger partial charge in [0.25, 0.3) is 0 Å². The summed E-state index contributed by atoms with van der Waals surface area (Å²) < 4.78 is 0. The fourth-order valence-electron chi connectivity index (χ4n) is 2.42. The molecule has 2 aliphatic rings. The molecular formula is C12H16N2O3. The molecule has 1 atom stereocenters. The Kier molecular flexibility index (Phi) is 2.77. The molecule has 0 radical (unpaired) electrons. The van der Waals surface area contributed by atoms with Gasteiger partial charge in [-0.2, -0.15) is 0 Å². The van der Waals surface area contributed by atoms with Gasteiger partial charge in [-0.3, -0.25) is 19.8 Å². The second-order valence-electron chi connectivity index (χ2n) is 4.74. The summed E-state index contributed by atoms with van der Waals surface area (Å²) >= 11 is 0. The fourth-order valence-corrected chi connectivity index (χ4v) is 2.42. The number of amides is 4. The molecule has 2 rings (SSSR count). The fraction of sp³-hybridized carbons (Fsp3) is 0.583. The van der Waals surface area contributed by atoms with Gasteiger partial charge in [0, 0.05) is 6.04 Å². The third-order valence-corrected chi connectivity index (χ3v) is 3.66. The molecule has 0 aromatic rings. The Morgan fingerprint density at radius 3 is 2.59 bits per heavy atom. The van der Waals surface area contributed by atoms with Crippen molar-refractivity contribution in [3.05, 3.63) is 12.7 Å². The highest BCUT2D eigenvalue weighted by atomic mass is 16.2. The molecule has 1 unspecified atom stereocenters. The maximum atomic E-state index is 12.3. The number of hydrogen-bond acceptors (Lipinski definition) is 3. The molecule has 0 aromatic heterocycles. The van der Waals surface area contributed by atoms with Crippen LogP contribution in [0.4, 0.5) is 4.79 Å². The Bertz CT molecular complexity index is 399. The van der Waals surface area contributed by atoms with E-state index in [1.54, 1.807) is 13.0 Å². The van der Waals surface area contributed by atoms with Gasteiger partial charge in [0.15, 0.2) is 0 Å². The van der Waals surface area contributed by atoms with Crippen molar-refractivity contribution >= 4 is 17.8 Å². The minimum atomic E-state index is -0.969. The minimum absolute atomic E-state index is 0.259. The lowest BCUT2D eigenvalue weighted by Gasteiger charge is -2.46. The van der Waals surface area contributed by atoms with E-state index in [-0.39, 0.29) is 11.9 Å². The molecule has 1 aliphatic heterocycles. The third-order valence-electron chi connectivity index (χ3n) is 3.66. The van der Waals surface area contributed by atoms with Crippen LogP contribution < -0.4 is 5.32 Å². The van der Waals surface area contributed by atoms with Crippen LogP contribution in [-0.2, 0) is 9.59 Å². The van der Waals surface area contributed by atoms with Crippen LogP contribution in [0.2, 0.25) is 0 Å². The highest BCUT2D eigenvalue weighted by Crippen LogP contribution is 2.44. The van der Waals surface area contributed by atoms with E-state index in [2.05, 4.69) is 11.9 Å². The smallest absolute Gasteiger partial charge is 0.277 e. The van der Waals surface area contributed by atoms with Gasteiger partial charge in [-0.05, 0) is 26.2 Å². The number of carbonyl (C=O) groups excluding carboxylic acids is 3. The number of hydrogen-bond donors (Lipinski definition) is 1. The molecule has 5 nitrogen and oxygen atoms in total. The number of imide groups is 2. The lowest BCUT2D eigenvalue weighted by Crippen LogP contribution is -2.67. The van der Waals surface area contributed by atoms with Crippen molar-refractivity contribution in [2.45, 2.75) is 38.6 Å². The lowest BCUT2D eigenvalue weighted by molar-refractivity contribution is -0.158. The monoisotopic (exact) mass is 236 g/mol. The topological polar surface area (TPSA) is 66.5 Å². The molecule has 92 valence electrons. The number of nitrogens with one attached hydrogen (secondary N) is 1. The van der Waals surface area contributed by atoms with Crippen molar-refractivity contribution in [1.29, 1.82) is 0 Å². The normalized spacial score (nSPS) is 24.3. The van der Waals surface area contributed by atoms with Gasteiger partial charge in [-0.15, -0.1) is 6.58 Å². The summed E-state index contributed by atoms with van der Waals surface area (Å²) in [6, 6.07) is -0.863. The Hall–Kier alpha value is -1.65. The molecule has 1 heterocycles. The predicted molar refractivity (Wildman–Crippen MR) is 60.9 cm³/mol. The maximum absolute atomic E-state index is 12.3. The average molecular weight is 236 g/mol. The quantitative estimate of drug-likeness (QED) is 0.591. The van der Waals surface area contributed by atoms with E-state index in [9.17, 15) is 14.4 Å². The second kappa shape index (κ2) is 3.98. The number of urea groups is 1. The van der Waals surface area contributed by atoms with E-state index < -0.39 is 17.4 Å². The molecule has 1 spiro atoms. The van der Waals surface area contributed by atoms with Crippen molar-refractivity contribution in [3.63, 3.8) is 0 Å². The Labute approximate surface area is 99.8 Å². The second-order valence-corrected chi connectivity index (χ2v) is 4.74. The van der Waals surface area contributed by atoms with Gasteiger partial charge >= 0.3 is 6.03 Å². The van der Waals surface area contributed by atoms with Crippen molar-refractivity contribution in [2.75, 3.05) is 0 Å². The van der Waals surface area contributed by atoms with E-state index in [1.807, 2.05) is 0 Å². The summed E-state index contributed by atoms with van der Waals surface area (Å²) in [5, 5.41) is 2.28. The Morgan fingerprint density at radius 2 is 2.12 bits per heavy atom. The van der Waals surface area contributed by atoms with Crippen molar-refractivity contribution in [3.8, 4) is 0 Å². The van der Waals surface area contributed by atoms with Crippen LogP contribution in [0.15, 0.2) is 12.7 Å². The van der Waals surface area contributed by atoms with E-state index in [0.29, 0.717) is 19.3 Å². The van der Waals surface area contributed by atoms with Crippen LogP contribution in [0.25, 0.3) is 0 Å². The summed E-state index contributed by atoms with van der Waals surface area (Å²) in [7, 11) is 0. The van der Waals surface area contributed by atoms with E-state index in [0.717, 1.165) is 6.42 Å². The third kappa shape index (κ3) is 1.57. The van der Waals surface area contributed by atoms with Crippen LogP contribution in [0.5, 0.6) is 0 Å². The molecule has 1 N–H and O–H groups in total. The molecule has 4 amide bonds. The van der Waals surface area contributed by atoms with Crippen LogP contribution >= 0.6 is 0 Å². The van der Waals surface area contributed by atoms with Gasteiger partial charge in [-0.25, -0.2) is 4.79 Å². The molecule has 1 aliphatic carbocycles. The first-order valence-electron chi connectivity index (χ1n) is 5.83. The van der Waals surface area contributed by atoms with Crippen LogP contribution in [-0.4, -0.2) is 28.8 Å². The van der Waals surface area contributed by atoms with Gasteiger partial charge in [0.05, 0.1) is 0 Å². The number of rotatable bonds is 3. The highest BCUT2D eigenvalue weighted by Gasteiger charge is 2.57. The molecule has 1 saturated carbocycles. The zero-order valence-corrected chi connectivity index (χ0v) is 9.86. The zero-order valence-electron chi connectivity index (χ0n) is 9.86. The zero-order chi connectivity index (χ0) is 12.6. The van der Waals surface area contributed by atoms with Crippen molar-refractivity contribution in [1.82, 2.24) is 10.2 Å². The molecule has 1 saturated heterocycles. The van der Waals surface area contributed by atoms with Crippen molar-refractivity contribution < 1.29 is 14.4 Å². The summed E-state index contributed by atoms with van der Waals surface area (Å²) in [4.78, 5) is 36.9. The van der Waals surface area contributed by atoms with Crippen LogP contribution in [0, 0.1) is 5.41 Å². The highest BCUT2D eigenvalue weighted by molar-refractivity contribution is 6.19. The molecule has 0 bridgehead atoms. The lowest BCUT2D eigenvalue weighted by atomic mass is 9.66. The summed E-state index contributed by atoms with van der Waals surface area (Å²) in [5.74, 6) is -0.771. The molecule has 0 aromatic carbocycles. The molecule has 5 heteroatoms. The number of nitrogens with zero attached hydrogens (tertiary/aromatic N) is 1. The summed E-state index contributed by atoms with van der Waals surface area (Å²) in [6.07, 6.45) is 4.14. The SMILES string of the molecule is C=CCC(C)N1C(=O)NC(=O)C2(CCC2)C1=O. The molecular weight excluding hydrogens is 220 g/mol. The Balaban J connectivity index is 2.27. The number of barbiturate groups is 1. The van der Waals surface area contributed by atoms with Gasteiger partial charge < -0.3 is 0 Å². The van der Waals surface area contributed by atoms with Gasteiger partial charge in [0.2, 0.25) is 11.8 Å². The van der Waals surface area contributed by atoms with Gasteiger partial charge in [-0.1, -0.05) is 12.5 Å². The van der Waals surface area contributed by atoms with Crippen LogP contribution in [0.3, 0.4) is 0 Å². The molecule has 2 fully saturated rings. The first-order valence-corrected chi connectivity index (χ1v) is 5.83. The largest absolute Gasteiger partial charge is 0.331 e. The first kappa shape index (κ1) is 11.8. The maximum Gasteiger partial charge on any atom is 0.331 e. The standard InChI is InChI=1S/C12H16N2O3/c1-3-5-8(2)14-10(16)12(6-4-7-12)9(15)13-11(14)17/h3,8H,1,4-7H2,2H3,(H,13,15,17). The Morgan fingerprint density at radius 1 is 1.47 bits per heavy atom.